The molecule has 0 unspecified atom stereocenters. The molecular weight excluding hydrogens is 294 g/mol. The molecule has 0 radical (unpaired) electrons. The molecule has 0 aromatic carbocycles. The van der Waals surface area contributed by atoms with Crippen molar-refractivity contribution in [2.24, 2.45) is 5.92 Å². The Balaban J connectivity index is 1.37. The van der Waals surface area contributed by atoms with Gasteiger partial charge in [-0.25, -0.2) is 0 Å². The van der Waals surface area contributed by atoms with Crippen LogP contribution in [0.25, 0.3) is 0 Å². The fourth-order valence-electron chi connectivity index (χ4n) is 4.11. The molecule has 3 fully saturated rings. The molecule has 0 aliphatic carbocycles. The number of amides is 2. The van der Waals surface area contributed by atoms with E-state index in [-0.39, 0.29) is 23.8 Å². The SMILES string of the molecule is O=C(c1ccc[nH]1)N1CCCN(C(=O)[C@@H]2C[C@H]3CC[C@H]2O3)CC1. The Morgan fingerprint density at radius 1 is 1.13 bits per heavy atom. The number of fused-ring (bicyclic) bond motifs is 2. The summed E-state index contributed by atoms with van der Waals surface area (Å²) in [6.45, 7) is 2.67. The van der Waals surface area contributed by atoms with Gasteiger partial charge in [0.15, 0.2) is 0 Å². The number of H-pyrrole nitrogens is 1. The fourth-order valence-corrected chi connectivity index (χ4v) is 4.11. The molecule has 1 aromatic rings. The molecule has 3 aliphatic heterocycles. The smallest absolute Gasteiger partial charge is 0.270 e. The van der Waals surface area contributed by atoms with Gasteiger partial charge in [-0.2, -0.15) is 0 Å². The summed E-state index contributed by atoms with van der Waals surface area (Å²) in [7, 11) is 0. The molecule has 0 saturated carbocycles. The monoisotopic (exact) mass is 317 g/mol. The van der Waals surface area contributed by atoms with Crippen LogP contribution in [0.15, 0.2) is 18.3 Å². The van der Waals surface area contributed by atoms with Crippen LogP contribution >= 0.6 is 0 Å². The molecule has 23 heavy (non-hydrogen) atoms. The Hall–Kier alpha value is -1.82. The van der Waals surface area contributed by atoms with E-state index in [9.17, 15) is 9.59 Å². The van der Waals surface area contributed by atoms with Gasteiger partial charge in [0.05, 0.1) is 18.1 Å². The number of hydrogen-bond donors (Lipinski definition) is 1. The van der Waals surface area contributed by atoms with E-state index in [1.807, 2.05) is 15.9 Å². The van der Waals surface area contributed by atoms with Crippen molar-refractivity contribution in [1.29, 1.82) is 0 Å². The Morgan fingerprint density at radius 3 is 2.65 bits per heavy atom. The summed E-state index contributed by atoms with van der Waals surface area (Å²) in [6.07, 6.45) is 6.03. The van der Waals surface area contributed by atoms with Gasteiger partial charge in [0.25, 0.3) is 5.91 Å². The second-order valence-electron chi connectivity index (χ2n) is 6.77. The number of rotatable bonds is 2. The van der Waals surface area contributed by atoms with Crippen molar-refractivity contribution in [3.63, 3.8) is 0 Å². The number of carbonyl (C=O) groups is 2. The molecule has 6 heteroatoms. The summed E-state index contributed by atoms with van der Waals surface area (Å²) < 4.78 is 5.82. The number of aromatic amines is 1. The van der Waals surface area contributed by atoms with Crippen molar-refractivity contribution >= 4 is 11.8 Å². The Morgan fingerprint density at radius 2 is 1.96 bits per heavy atom. The Bertz CT molecular complexity index is 586. The zero-order chi connectivity index (χ0) is 15.8. The van der Waals surface area contributed by atoms with Crippen molar-refractivity contribution in [3.05, 3.63) is 24.0 Å². The minimum Gasteiger partial charge on any atom is -0.374 e. The summed E-state index contributed by atoms with van der Waals surface area (Å²) in [5, 5.41) is 0. The van der Waals surface area contributed by atoms with Crippen LogP contribution in [0, 0.1) is 5.92 Å². The lowest BCUT2D eigenvalue weighted by atomic mass is 9.88. The van der Waals surface area contributed by atoms with Crippen LogP contribution in [0.5, 0.6) is 0 Å². The van der Waals surface area contributed by atoms with Crippen molar-refractivity contribution in [2.75, 3.05) is 26.2 Å². The van der Waals surface area contributed by atoms with Gasteiger partial charge in [-0.15, -0.1) is 0 Å². The highest BCUT2D eigenvalue weighted by atomic mass is 16.5. The highest BCUT2D eigenvalue weighted by molar-refractivity contribution is 5.92. The van der Waals surface area contributed by atoms with Crippen LogP contribution in [0.1, 0.15) is 36.2 Å². The average molecular weight is 317 g/mol. The van der Waals surface area contributed by atoms with E-state index < -0.39 is 0 Å². The number of carbonyl (C=O) groups excluding carboxylic acids is 2. The molecule has 0 spiro atoms. The summed E-state index contributed by atoms with van der Waals surface area (Å²) in [5.41, 5.74) is 0.617. The molecule has 3 atom stereocenters. The minimum atomic E-state index is 0.0209. The highest BCUT2D eigenvalue weighted by Crippen LogP contribution is 2.39. The maximum Gasteiger partial charge on any atom is 0.270 e. The van der Waals surface area contributed by atoms with Crippen molar-refractivity contribution in [2.45, 2.75) is 37.9 Å². The van der Waals surface area contributed by atoms with E-state index in [0.29, 0.717) is 31.4 Å². The molecule has 2 bridgehead atoms. The molecule has 4 rings (SSSR count). The van der Waals surface area contributed by atoms with E-state index in [4.69, 9.17) is 4.74 Å². The fraction of sp³-hybridized carbons (Fsp3) is 0.647. The lowest BCUT2D eigenvalue weighted by Gasteiger charge is -2.27. The summed E-state index contributed by atoms with van der Waals surface area (Å²) >= 11 is 0. The van der Waals surface area contributed by atoms with Gasteiger partial charge >= 0.3 is 0 Å². The quantitative estimate of drug-likeness (QED) is 0.893. The largest absolute Gasteiger partial charge is 0.374 e. The number of aromatic nitrogens is 1. The molecule has 1 aromatic heterocycles. The van der Waals surface area contributed by atoms with Gasteiger partial charge in [-0.3, -0.25) is 9.59 Å². The standard InChI is InChI=1S/C17H23N3O3/c21-16(13-11-12-4-5-15(13)23-12)19-7-2-8-20(10-9-19)17(22)14-3-1-6-18-14/h1,3,6,12-13,15,18H,2,4-5,7-11H2/t12-,13-,15-/m1/s1. The van der Waals surface area contributed by atoms with Crippen molar-refractivity contribution < 1.29 is 14.3 Å². The third-order valence-corrected chi connectivity index (χ3v) is 5.35. The number of nitrogens with one attached hydrogen (secondary N) is 1. The average Bonchev–Trinajstić information content (AvgIpc) is 3.28. The Kier molecular flexibility index (Phi) is 3.85. The van der Waals surface area contributed by atoms with Crippen LogP contribution in [0.4, 0.5) is 0 Å². The van der Waals surface area contributed by atoms with Gasteiger partial charge in [-0.05, 0) is 37.8 Å². The lowest BCUT2D eigenvalue weighted by molar-refractivity contribution is -0.137. The molecule has 124 valence electrons. The molecule has 1 N–H and O–H groups in total. The highest BCUT2D eigenvalue weighted by Gasteiger charge is 2.45. The first-order valence-corrected chi connectivity index (χ1v) is 8.59. The molecule has 4 heterocycles. The van der Waals surface area contributed by atoms with Crippen LogP contribution in [0.2, 0.25) is 0 Å². The van der Waals surface area contributed by atoms with Gasteiger partial charge in [0.2, 0.25) is 5.91 Å². The van der Waals surface area contributed by atoms with Crippen molar-refractivity contribution in [3.8, 4) is 0 Å². The third kappa shape index (κ3) is 2.76. The van der Waals surface area contributed by atoms with Crippen LogP contribution in [0.3, 0.4) is 0 Å². The first kappa shape index (κ1) is 14.8. The number of hydrogen-bond acceptors (Lipinski definition) is 3. The topological polar surface area (TPSA) is 65.6 Å². The molecule has 3 saturated heterocycles. The van der Waals surface area contributed by atoms with E-state index in [1.54, 1.807) is 12.3 Å². The normalized spacial score (nSPS) is 30.5. The second-order valence-corrected chi connectivity index (χ2v) is 6.77. The zero-order valence-corrected chi connectivity index (χ0v) is 13.2. The predicted octanol–water partition coefficient (Wildman–Crippen LogP) is 1.26. The Labute approximate surface area is 135 Å². The summed E-state index contributed by atoms with van der Waals surface area (Å²) in [6, 6.07) is 3.62. The maximum atomic E-state index is 12.8. The predicted molar refractivity (Wildman–Crippen MR) is 83.9 cm³/mol. The van der Waals surface area contributed by atoms with E-state index in [2.05, 4.69) is 4.98 Å². The van der Waals surface area contributed by atoms with E-state index in [0.717, 1.165) is 32.2 Å². The second kappa shape index (κ2) is 6.00. The van der Waals surface area contributed by atoms with Crippen LogP contribution in [-0.4, -0.2) is 65.0 Å². The van der Waals surface area contributed by atoms with Crippen molar-refractivity contribution in [1.82, 2.24) is 14.8 Å². The van der Waals surface area contributed by atoms with E-state index in [1.165, 1.54) is 0 Å². The molecule has 6 nitrogen and oxygen atoms in total. The first-order valence-electron chi connectivity index (χ1n) is 8.59. The number of nitrogens with zero attached hydrogens (tertiary/aromatic N) is 2. The molecule has 3 aliphatic rings. The molecule has 2 amide bonds. The molecular formula is C17H23N3O3. The lowest BCUT2D eigenvalue weighted by Crippen LogP contribution is -2.42. The van der Waals surface area contributed by atoms with E-state index >= 15 is 0 Å². The maximum absolute atomic E-state index is 12.8. The minimum absolute atomic E-state index is 0.0209. The van der Waals surface area contributed by atoms with Crippen LogP contribution in [-0.2, 0) is 9.53 Å². The van der Waals surface area contributed by atoms with Gasteiger partial charge in [-0.1, -0.05) is 0 Å². The summed E-state index contributed by atoms with van der Waals surface area (Å²) in [4.78, 5) is 32.0. The van der Waals surface area contributed by atoms with Gasteiger partial charge in [0.1, 0.15) is 5.69 Å². The summed E-state index contributed by atoms with van der Waals surface area (Å²) in [5.74, 6) is 0.290. The first-order chi connectivity index (χ1) is 11.2. The third-order valence-electron chi connectivity index (χ3n) is 5.35. The van der Waals surface area contributed by atoms with Gasteiger partial charge in [0, 0.05) is 32.4 Å². The van der Waals surface area contributed by atoms with Crippen LogP contribution < -0.4 is 0 Å². The number of ether oxygens (including phenoxy) is 1. The zero-order valence-electron chi connectivity index (χ0n) is 13.2. The van der Waals surface area contributed by atoms with Gasteiger partial charge < -0.3 is 19.5 Å².